The highest BCUT2D eigenvalue weighted by atomic mass is 16.2. The van der Waals surface area contributed by atoms with Crippen LogP contribution in [0.1, 0.15) is 6.92 Å². The van der Waals surface area contributed by atoms with Gasteiger partial charge in [0.15, 0.2) is 0 Å². The van der Waals surface area contributed by atoms with E-state index in [0.717, 1.165) is 26.2 Å². The van der Waals surface area contributed by atoms with Crippen molar-refractivity contribution >= 4 is 5.91 Å². The van der Waals surface area contributed by atoms with Gasteiger partial charge in [-0.25, -0.2) is 0 Å². The molecular formula is C11H17N5O. The second kappa shape index (κ2) is 6.85. The molecule has 1 saturated heterocycles. The van der Waals surface area contributed by atoms with Gasteiger partial charge in [0.1, 0.15) is 6.54 Å². The number of nitrogens with zero attached hydrogens (tertiary/aromatic N) is 4. The van der Waals surface area contributed by atoms with Crippen LogP contribution >= 0.6 is 0 Å². The molecule has 1 rings (SSSR count). The molecule has 6 nitrogen and oxygen atoms in total. The summed E-state index contributed by atoms with van der Waals surface area (Å²) in [6.45, 7) is 5.45. The van der Waals surface area contributed by atoms with Crippen LogP contribution in [0.15, 0.2) is 0 Å². The van der Waals surface area contributed by atoms with E-state index in [9.17, 15) is 4.79 Å². The molecule has 0 radical (unpaired) electrons. The molecule has 1 heterocycles. The molecule has 0 aromatic heterocycles. The van der Waals surface area contributed by atoms with Gasteiger partial charge < -0.3 is 5.32 Å². The smallest absolute Gasteiger partial charge is 0.235 e. The van der Waals surface area contributed by atoms with Crippen LogP contribution in [0.25, 0.3) is 0 Å². The fraction of sp³-hybridized carbons (Fsp3) is 0.727. The highest BCUT2D eigenvalue weighted by molar-refractivity contribution is 5.78. The van der Waals surface area contributed by atoms with Crippen LogP contribution in [0, 0.1) is 22.7 Å². The van der Waals surface area contributed by atoms with Gasteiger partial charge in [0.25, 0.3) is 0 Å². The molecule has 1 aliphatic rings. The molecule has 1 fully saturated rings. The molecule has 6 heteroatoms. The zero-order valence-electron chi connectivity index (χ0n) is 10.0. The van der Waals surface area contributed by atoms with E-state index in [4.69, 9.17) is 10.5 Å². The molecule has 0 aromatic carbocycles. The average Bonchev–Trinajstić information content (AvgIpc) is 2.36. The van der Waals surface area contributed by atoms with E-state index >= 15 is 0 Å². The Morgan fingerprint density at radius 3 is 2.53 bits per heavy atom. The van der Waals surface area contributed by atoms with Crippen molar-refractivity contribution < 1.29 is 4.79 Å². The van der Waals surface area contributed by atoms with Crippen LogP contribution in [0.3, 0.4) is 0 Å². The third-order valence-electron chi connectivity index (χ3n) is 2.87. The number of hydrogen-bond donors (Lipinski definition) is 1. The summed E-state index contributed by atoms with van der Waals surface area (Å²) in [7, 11) is 0. The first-order chi connectivity index (χ1) is 8.17. The number of nitrogens with one attached hydrogen (secondary N) is 1. The second-order valence-electron chi connectivity index (χ2n) is 4.05. The lowest BCUT2D eigenvalue weighted by Crippen LogP contribution is -2.51. The minimum atomic E-state index is -0.117. The molecule has 92 valence electrons. The lowest BCUT2D eigenvalue weighted by Gasteiger charge is -2.35. The van der Waals surface area contributed by atoms with E-state index < -0.39 is 0 Å². The van der Waals surface area contributed by atoms with Crippen LogP contribution in [0.2, 0.25) is 0 Å². The largest absolute Gasteiger partial charge is 0.342 e. The van der Waals surface area contributed by atoms with Gasteiger partial charge >= 0.3 is 0 Å². The maximum absolute atomic E-state index is 11.4. The third kappa shape index (κ3) is 4.39. The van der Waals surface area contributed by atoms with Gasteiger partial charge in [-0.1, -0.05) is 0 Å². The Labute approximate surface area is 101 Å². The Hall–Kier alpha value is -1.63. The summed E-state index contributed by atoms with van der Waals surface area (Å²) in [5.41, 5.74) is 0. The molecule has 17 heavy (non-hydrogen) atoms. The fourth-order valence-electron chi connectivity index (χ4n) is 1.79. The van der Waals surface area contributed by atoms with Gasteiger partial charge in [-0.2, -0.15) is 10.5 Å². The number of amides is 1. The van der Waals surface area contributed by atoms with Crippen molar-refractivity contribution in [1.29, 1.82) is 10.5 Å². The second-order valence-corrected chi connectivity index (χ2v) is 4.05. The molecule has 1 N–H and O–H groups in total. The molecule has 1 atom stereocenters. The highest BCUT2D eigenvalue weighted by Gasteiger charge is 2.21. The fourth-order valence-corrected chi connectivity index (χ4v) is 1.79. The Balaban J connectivity index is 2.26. The third-order valence-corrected chi connectivity index (χ3v) is 2.87. The summed E-state index contributed by atoms with van der Waals surface area (Å²) < 4.78 is 0. The summed E-state index contributed by atoms with van der Waals surface area (Å²) in [5, 5.41) is 19.6. The SMILES string of the molecule is CC(C#N)N1CCN(CC(=O)NCC#N)CC1. The van der Waals surface area contributed by atoms with Crippen LogP contribution in [-0.2, 0) is 4.79 Å². The summed E-state index contributed by atoms with van der Waals surface area (Å²) in [6, 6.07) is 4.02. The zero-order valence-corrected chi connectivity index (χ0v) is 10.0. The summed E-state index contributed by atoms with van der Waals surface area (Å²) in [5.74, 6) is -0.117. The first kappa shape index (κ1) is 13.4. The number of carbonyl (C=O) groups is 1. The van der Waals surface area contributed by atoms with Crippen molar-refractivity contribution in [3.63, 3.8) is 0 Å². The molecule has 1 aliphatic heterocycles. The van der Waals surface area contributed by atoms with Crippen LogP contribution < -0.4 is 5.32 Å². The van der Waals surface area contributed by atoms with Crippen LogP contribution in [0.4, 0.5) is 0 Å². The lowest BCUT2D eigenvalue weighted by atomic mass is 10.2. The first-order valence-corrected chi connectivity index (χ1v) is 5.67. The van der Waals surface area contributed by atoms with Crippen molar-refractivity contribution in [2.45, 2.75) is 13.0 Å². The maximum Gasteiger partial charge on any atom is 0.235 e. The highest BCUT2D eigenvalue weighted by Crippen LogP contribution is 2.05. The first-order valence-electron chi connectivity index (χ1n) is 5.67. The molecule has 0 spiro atoms. The minimum absolute atomic E-state index is 0.0598. The van der Waals surface area contributed by atoms with Gasteiger partial charge in [0.05, 0.1) is 24.7 Å². The monoisotopic (exact) mass is 235 g/mol. The number of piperazine rings is 1. The van der Waals surface area contributed by atoms with Crippen molar-refractivity contribution in [2.24, 2.45) is 0 Å². The number of rotatable bonds is 4. The maximum atomic E-state index is 11.4. The molecule has 1 unspecified atom stereocenters. The number of hydrogen-bond acceptors (Lipinski definition) is 5. The molecule has 0 aromatic rings. The summed E-state index contributed by atoms with van der Waals surface area (Å²) in [4.78, 5) is 15.5. The van der Waals surface area contributed by atoms with Crippen LogP contribution in [0.5, 0.6) is 0 Å². The van der Waals surface area contributed by atoms with Gasteiger partial charge in [-0.3, -0.25) is 14.6 Å². The summed E-state index contributed by atoms with van der Waals surface area (Å²) >= 11 is 0. The Morgan fingerprint density at radius 1 is 1.35 bits per heavy atom. The van der Waals surface area contributed by atoms with Gasteiger partial charge in [0, 0.05) is 26.2 Å². The Morgan fingerprint density at radius 2 is 2.00 bits per heavy atom. The van der Waals surface area contributed by atoms with Crippen molar-refractivity contribution in [2.75, 3.05) is 39.3 Å². The quantitative estimate of drug-likeness (QED) is 0.642. The topological polar surface area (TPSA) is 83.2 Å². The van der Waals surface area contributed by atoms with E-state index in [1.54, 1.807) is 0 Å². The van der Waals surface area contributed by atoms with Gasteiger partial charge in [-0.05, 0) is 6.92 Å². The van der Waals surface area contributed by atoms with Gasteiger partial charge in [-0.15, -0.1) is 0 Å². The van der Waals surface area contributed by atoms with E-state index in [2.05, 4.69) is 16.3 Å². The van der Waals surface area contributed by atoms with E-state index in [0.29, 0.717) is 6.54 Å². The van der Waals surface area contributed by atoms with Crippen molar-refractivity contribution in [3.8, 4) is 12.1 Å². The van der Waals surface area contributed by atoms with Crippen molar-refractivity contribution in [3.05, 3.63) is 0 Å². The minimum Gasteiger partial charge on any atom is -0.342 e. The van der Waals surface area contributed by atoms with Crippen molar-refractivity contribution in [1.82, 2.24) is 15.1 Å². The van der Waals surface area contributed by atoms with E-state index in [-0.39, 0.29) is 18.5 Å². The molecule has 0 saturated carbocycles. The molecular weight excluding hydrogens is 218 g/mol. The van der Waals surface area contributed by atoms with Gasteiger partial charge in [0.2, 0.25) is 5.91 Å². The predicted octanol–water partition coefficient (Wildman–Crippen LogP) is -0.844. The normalized spacial score (nSPS) is 19.0. The molecule has 0 aliphatic carbocycles. The standard InChI is InChI=1S/C11H17N5O/c1-10(8-13)16-6-4-15(5-7-16)9-11(17)14-3-2-12/h10H,3-7,9H2,1H3,(H,14,17). The predicted molar refractivity (Wildman–Crippen MR) is 61.7 cm³/mol. The zero-order chi connectivity index (χ0) is 12.7. The van der Waals surface area contributed by atoms with Crippen LogP contribution in [-0.4, -0.2) is 61.0 Å². The lowest BCUT2D eigenvalue weighted by molar-refractivity contribution is -0.122. The molecule has 0 bridgehead atoms. The number of carbonyl (C=O) groups excluding carboxylic acids is 1. The Kier molecular flexibility index (Phi) is 5.41. The summed E-state index contributed by atoms with van der Waals surface area (Å²) in [6.07, 6.45) is 0. The number of nitriles is 2. The van der Waals surface area contributed by atoms with E-state index in [1.165, 1.54) is 0 Å². The Bertz CT molecular complexity index is 335. The average molecular weight is 235 g/mol. The van der Waals surface area contributed by atoms with E-state index in [1.807, 2.05) is 17.9 Å². The molecule has 1 amide bonds.